The minimum atomic E-state index is -0.419. The van der Waals surface area contributed by atoms with Crippen LogP contribution in [0.5, 0.6) is 0 Å². The highest BCUT2D eigenvalue weighted by Crippen LogP contribution is 2.23. The second-order valence-corrected chi connectivity index (χ2v) is 8.54. The first-order valence-corrected chi connectivity index (χ1v) is 12.0. The third kappa shape index (κ3) is 5.77. The summed E-state index contributed by atoms with van der Waals surface area (Å²) in [6.45, 7) is 5.37. The Labute approximate surface area is 204 Å². The van der Waals surface area contributed by atoms with Crippen LogP contribution in [-0.4, -0.2) is 41.4 Å². The first-order chi connectivity index (χ1) is 17.0. The van der Waals surface area contributed by atoms with E-state index in [9.17, 15) is 14.4 Å². The van der Waals surface area contributed by atoms with E-state index in [4.69, 9.17) is 4.74 Å². The van der Waals surface area contributed by atoms with Crippen LogP contribution in [-0.2, 0) is 16.0 Å². The standard InChI is InChI=1S/C27H30N4O4/c1-3-19-10-12-23(13-11-19)31-25(32)15-14-24(29-31)30-16-6-8-21(18-30)26(33)28-22-9-5-7-20(17-22)27(34)35-4-2/h5,7,9-15,17,21H,3-4,6,8,16,18H2,1-2H3,(H,28,33)/t21-/m1/s1. The number of carbonyl (C=O) groups excluding carboxylic acids is 2. The number of aryl methyl sites for hydroxylation is 1. The number of amides is 1. The van der Waals surface area contributed by atoms with Crippen molar-refractivity contribution in [3.05, 3.63) is 82.1 Å². The van der Waals surface area contributed by atoms with Crippen LogP contribution >= 0.6 is 0 Å². The van der Waals surface area contributed by atoms with E-state index in [2.05, 4.69) is 17.3 Å². The molecule has 1 amide bonds. The number of rotatable bonds is 7. The van der Waals surface area contributed by atoms with Crippen molar-refractivity contribution in [2.75, 3.05) is 29.9 Å². The molecule has 2 heterocycles. The fourth-order valence-corrected chi connectivity index (χ4v) is 4.21. The van der Waals surface area contributed by atoms with Gasteiger partial charge in [-0.1, -0.05) is 25.1 Å². The van der Waals surface area contributed by atoms with Crippen molar-refractivity contribution >= 4 is 23.4 Å². The number of benzene rings is 2. The summed E-state index contributed by atoms with van der Waals surface area (Å²) in [6, 6.07) is 17.8. The zero-order valence-electron chi connectivity index (χ0n) is 20.1. The van der Waals surface area contributed by atoms with Crippen molar-refractivity contribution in [3.8, 4) is 5.69 Å². The molecule has 0 saturated carbocycles. The van der Waals surface area contributed by atoms with E-state index in [-0.39, 0.29) is 17.4 Å². The summed E-state index contributed by atoms with van der Waals surface area (Å²) in [7, 11) is 0. The molecule has 8 heteroatoms. The smallest absolute Gasteiger partial charge is 0.338 e. The SMILES string of the molecule is CCOC(=O)c1cccc(NC(=O)[C@@H]2CCCN(c3ccc(=O)n(-c4ccc(CC)cc4)n3)C2)c1. The number of esters is 1. The summed E-state index contributed by atoms with van der Waals surface area (Å²) in [5.74, 6) is -0.121. The molecule has 4 rings (SSSR count). The zero-order valence-corrected chi connectivity index (χ0v) is 20.1. The van der Waals surface area contributed by atoms with Crippen molar-refractivity contribution in [3.63, 3.8) is 0 Å². The van der Waals surface area contributed by atoms with Gasteiger partial charge in [0.2, 0.25) is 5.91 Å². The van der Waals surface area contributed by atoms with Gasteiger partial charge in [-0.3, -0.25) is 9.59 Å². The van der Waals surface area contributed by atoms with Crippen LogP contribution < -0.4 is 15.8 Å². The van der Waals surface area contributed by atoms with Gasteiger partial charge in [-0.05, 0) is 68.1 Å². The molecule has 182 valence electrons. The summed E-state index contributed by atoms with van der Waals surface area (Å²) in [5, 5.41) is 7.52. The minimum Gasteiger partial charge on any atom is -0.462 e. The average Bonchev–Trinajstić information content (AvgIpc) is 2.89. The molecule has 1 aliphatic heterocycles. The minimum absolute atomic E-state index is 0.112. The average molecular weight is 475 g/mol. The highest BCUT2D eigenvalue weighted by Gasteiger charge is 2.27. The molecule has 0 bridgehead atoms. The number of nitrogens with one attached hydrogen (secondary N) is 1. The van der Waals surface area contributed by atoms with E-state index >= 15 is 0 Å². The van der Waals surface area contributed by atoms with E-state index in [1.54, 1.807) is 37.3 Å². The first-order valence-electron chi connectivity index (χ1n) is 12.0. The highest BCUT2D eigenvalue weighted by atomic mass is 16.5. The van der Waals surface area contributed by atoms with Crippen molar-refractivity contribution in [2.45, 2.75) is 33.1 Å². The Morgan fingerprint density at radius 1 is 1.09 bits per heavy atom. The lowest BCUT2D eigenvalue weighted by atomic mass is 9.97. The molecule has 1 aromatic heterocycles. The Morgan fingerprint density at radius 3 is 2.63 bits per heavy atom. The molecule has 3 aromatic rings. The fourth-order valence-electron chi connectivity index (χ4n) is 4.21. The Morgan fingerprint density at radius 2 is 1.89 bits per heavy atom. The van der Waals surface area contributed by atoms with Crippen LogP contribution in [0.1, 0.15) is 42.6 Å². The summed E-state index contributed by atoms with van der Waals surface area (Å²) in [5.41, 5.74) is 2.65. The van der Waals surface area contributed by atoms with Gasteiger partial charge in [0.15, 0.2) is 0 Å². The summed E-state index contributed by atoms with van der Waals surface area (Å²) < 4.78 is 6.44. The quantitative estimate of drug-likeness (QED) is 0.523. The van der Waals surface area contributed by atoms with Crippen LogP contribution in [0.4, 0.5) is 11.5 Å². The summed E-state index contributed by atoms with van der Waals surface area (Å²) in [6.07, 6.45) is 2.50. The van der Waals surface area contributed by atoms with Crippen molar-refractivity contribution in [1.82, 2.24) is 9.78 Å². The maximum atomic E-state index is 13.0. The van der Waals surface area contributed by atoms with E-state index in [0.29, 0.717) is 35.9 Å². The summed E-state index contributed by atoms with van der Waals surface area (Å²) >= 11 is 0. The molecule has 1 atom stereocenters. The van der Waals surface area contributed by atoms with Crippen LogP contribution in [0.25, 0.3) is 5.69 Å². The lowest BCUT2D eigenvalue weighted by molar-refractivity contribution is -0.120. The van der Waals surface area contributed by atoms with Crippen LogP contribution in [0.15, 0.2) is 65.5 Å². The molecular weight excluding hydrogens is 444 g/mol. The third-order valence-electron chi connectivity index (χ3n) is 6.13. The van der Waals surface area contributed by atoms with Gasteiger partial charge in [0.05, 0.1) is 23.8 Å². The van der Waals surface area contributed by atoms with Gasteiger partial charge in [-0.2, -0.15) is 4.68 Å². The van der Waals surface area contributed by atoms with Crippen molar-refractivity contribution in [1.29, 1.82) is 0 Å². The first kappa shape index (κ1) is 24.2. The number of aromatic nitrogens is 2. The van der Waals surface area contributed by atoms with E-state index in [0.717, 1.165) is 25.8 Å². The maximum Gasteiger partial charge on any atom is 0.338 e. The number of hydrogen-bond acceptors (Lipinski definition) is 6. The van der Waals surface area contributed by atoms with Crippen molar-refractivity contribution < 1.29 is 14.3 Å². The molecule has 2 aromatic carbocycles. The Bertz CT molecular complexity index is 1250. The second kappa shape index (κ2) is 11.0. The predicted molar refractivity (Wildman–Crippen MR) is 135 cm³/mol. The van der Waals surface area contributed by atoms with Crippen LogP contribution in [0.2, 0.25) is 0 Å². The van der Waals surface area contributed by atoms with Crippen LogP contribution in [0.3, 0.4) is 0 Å². The molecule has 0 spiro atoms. The number of hydrogen-bond donors (Lipinski definition) is 1. The van der Waals surface area contributed by atoms with Gasteiger partial charge in [-0.15, -0.1) is 5.10 Å². The van der Waals surface area contributed by atoms with Gasteiger partial charge >= 0.3 is 5.97 Å². The second-order valence-electron chi connectivity index (χ2n) is 8.54. The maximum absolute atomic E-state index is 13.0. The van der Waals surface area contributed by atoms with E-state index in [1.165, 1.54) is 16.3 Å². The number of anilines is 2. The van der Waals surface area contributed by atoms with E-state index < -0.39 is 5.97 Å². The van der Waals surface area contributed by atoms with Gasteiger partial charge < -0.3 is 15.0 Å². The fraction of sp³-hybridized carbons (Fsp3) is 0.333. The molecule has 1 saturated heterocycles. The lowest BCUT2D eigenvalue weighted by Crippen LogP contribution is -2.41. The highest BCUT2D eigenvalue weighted by molar-refractivity contribution is 5.95. The predicted octanol–water partition coefficient (Wildman–Crippen LogP) is 3.83. The number of carbonyl (C=O) groups is 2. The molecule has 0 unspecified atom stereocenters. The van der Waals surface area contributed by atoms with Gasteiger partial charge in [0.25, 0.3) is 5.56 Å². The lowest BCUT2D eigenvalue weighted by Gasteiger charge is -2.33. The van der Waals surface area contributed by atoms with Gasteiger partial charge in [-0.25, -0.2) is 4.79 Å². The third-order valence-corrected chi connectivity index (χ3v) is 6.13. The largest absolute Gasteiger partial charge is 0.462 e. The Kier molecular flexibility index (Phi) is 7.60. The molecular formula is C27H30N4O4. The zero-order chi connectivity index (χ0) is 24.8. The van der Waals surface area contributed by atoms with E-state index in [1.807, 2.05) is 29.2 Å². The molecule has 0 radical (unpaired) electrons. The van der Waals surface area contributed by atoms with Gasteiger partial charge in [0.1, 0.15) is 5.82 Å². The molecule has 1 fully saturated rings. The summed E-state index contributed by atoms with van der Waals surface area (Å²) in [4.78, 5) is 39.5. The van der Waals surface area contributed by atoms with Crippen LogP contribution in [0, 0.1) is 5.92 Å². The normalized spacial score (nSPS) is 15.5. The topological polar surface area (TPSA) is 93.5 Å². The number of ether oxygens (including phenoxy) is 1. The molecule has 1 N–H and O–H groups in total. The Balaban J connectivity index is 1.47. The molecule has 35 heavy (non-hydrogen) atoms. The van der Waals surface area contributed by atoms with Gasteiger partial charge in [0, 0.05) is 24.8 Å². The molecule has 0 aliphatic carbocycles. The molecule has 1 aliphatic rings. The Hall–Kier alpha value is -3.94. The monoisotopic (exact) mass is 474 g/mol. The number of nitrogens with zero attached hydrogens (tertiary/aromatic N) is 3. The molecule has 8 nitrogen and oxygen atoms in total. The number of piperidine rings is 1. The van der Waals surface area contributed by atoms with Crippen molar-refractivity contribution in [2.24, 2.45) is 5.92 Å².